The molecule has 1 saturated heterocycles. The molecule has 1 atom stereocenters. The van der Waals surface area contributed by atoms with E-state index in [2.05, 4.69) is 10.2 Å². The first kappa shape index (κ1) is 14.8. The third kappa shape index (κ3) is 4.18. The van der Waals surface area contributed by atoms with Crippen molar-refractivity contribution >= 4 is 12.0 Å². The molecule has 0 saturated carbocycles. The number of amides is 2. The molecule has 18 heavy (non-hydrogen) atoms. The molecule has 1 heterocycles. The molecule has 1 aliphatic heterocycles. The van der Waals surface area contributed by atoms with E-state index in [0.717, 1.165) is 13.0 Å². The van der Waals surface area contributed by atoms with Gasteiger partial charge in [-0.15, -0.1) is 0 Å². The highest BCUT2D eigenvalue weighted by Gasteiger charge is 2.31. The monoisotopic (exact) mass is 257 g/mol. The van der Waals surface area contributed by atoms with Gasteiger partial charge in [-0.3, -0.25) is 4.79 Å². The average Bonchev–Trinajstić information content (AvgIpc) is 2.62. The van der Waals surface area contributed by atoms with Crippen LogP contribution in [0, 0.1) is 0 Å². The van der Waals surface area contributed by atoms with Crippen molar-refractivity contribution in [2.75, 3.05) is 27.2 Å². The van der Waals surface area contributed by atoms with Crippen LogP contribution in [-0.4, -0.2) is 65.7 Å². The lowest BCUT2D eigenvalue weighted by molar-refractivity contribution is -0.138. The molecule has 0 aromatic carbocycles. The van der Waals surface area contributed by atoms with Crippen molar-refractivity contribution in [2.45, 2.75) is 38.3 Å². The van der Waals surface area contributed by atoms with Gasteiger partial charge in [0, 0.05) is 24.7 Å². The average molecular weight is 257 g/mol. The van der Waals surface area contributed by atoms with Gasteiger partial charge >= 0.3 is 12.0 Å². The number of likely N-dealkylation sites (tertiary alicyclic amines) is 1. The summed E-state index contributed by atoms with van der Waals surface area (Å²) in [5.41, 5.74) is -0.723. The molecule has 0 radical (unpaired) electrons. The van der Waals surface area contributed by atoms with Crippen molar-refractivity contribution in [3.05, 3.63) is 0 Å². The van der Waals surface area contributed by atoms with E-state index in [0.29, 0.717) is 12.6 Å². The lowest BCUT2D eigenvalue weighted by atomic mass is 10.0. The maximum Gasteiger partial charge on any atom is 0.317 e. The summed E-state index contributed by atoms with van der Waals surface area (Å²) in [5.74, 6) is -0.909. The largest absolute Gasteiger partial charge is 0.481 e. The van der Waals surface area contributed by atoms with E-state index < -0.39 is 11.5 Å². The maximum absolute atomic E-state index is 12.0. The van der Waals surface area contributed by atoms with Crippen molar-refractivity contribution in [3.8, 4) is 0 Å². The number of carbonyl (C=O) groups is 2. The molecule has 0 bridgehead atoms. The Kier molecular flexibility index (Phi) is 4.56. The number of carbonyl (C=O) groups excluding carboxylic acids is 1. The van der Waals surface area contributed by atoms with Crippen molar-refractivity contribution in [1.29, 1.82) is 0 Å². The second-order valence-corrected chi connectivity index (χ2v) is 5.74. The second kappa shape index (κ2) is 5.56. The van der Waals surface area contributed by atoms with Gasteiger partial charge in [-0.1, -0.05) is 0 Å². The van der Waals surface area contributed by atoms with E-state index in [4.69, 9.17) is 5.11 Å². The standard InChI is InChI=1S/C12H23N3O3/c1-12(2,7-10(16)17)13-11(18)15-6-5-9(8-15)14(3)4/h9H,5-8H2,1-4H3,(H,13,18)(H,16,17). The Hall–Kier alpha value is -1.30. The van der Waals surface area contributed by atoms with Crippen molar-refractivity contribution in [2.24, 2.45) is 0 Å². The highest BCUT2D eigenvalue weighted by Crippen LogP contribution is 2.15. The van der Waals surface area contributed by atoms with Gasteiger partial charge in [0.2, 0.25) is 0 Å². The first-order chi connectivity index (χ1) is 8.21. The minimum Gasteiger partial charge on any atom is -0.481 e. The van der Waals surface area contributed by atoms with Crippen LogP contribution in [-0.2, 0) is 4.79 Å². The predicted molar refractivity (Wildman–Crippen MR) is 68.5 cm³/mol. The van der Waals surface area contributed by atoms with Gasteiger partial charge in [-0.25, -0.2) is 4.79 Å². The summed E-state index contributed by atoms with van der Waals surface area (Å²) < 4.78 is 0. The third-order valence-corrected chi connectivity index (χ3v) is 3.22. The molecular formula is C12H23N3O3. The lowest BCUT2D eigenvalue weighted by Crippen LogP contribution is -2.50. The van der Waals surface area contributed by atoms with Crippen LogP contribution in [0.1, 0.15) is 26.7 Å². The summed E-state index contributed by atoms with van der Waals surface area (Å²) in [6.45, 7) is 4.86. The number of carboxylic acid groups (broad SMARTS) is 1. The molecule has 2 N–H and O–H groups in total. The van der Waals surface area contributed by atoms with Gasteiger partial charge in [0.15, 0.2) is 0 Å². The summed E-state index contributed by atoms with van der Waals surface area (Å²) in [5, 5.41) is 11.5. The minimum absolute atomic E-state index is 0.0797. The number of hydrogen-bond acceptors (Lipinski definition) is 3. The fourth-order valence-electron chi connectivity index (χ4n) is 2.14. The van der Waals surface area contributed by atoms with E-state index in [9.17, 15) is 9.59 Å². The Labute approximate surface area is 108 Å². The summed E-state index contributed by atoms with van der Waals surface area (Å²) in [7, 11) is 4.00. The number of rotatable bonds is 4. The Morgan fingerprint density at radius 1 is 1.44 bits per heavy atom. The van der Waals surface area contributed by atoms with Crippen molar-refractivity contribution < 1.29 is 14.7 Å². The van der Waals surface area contributed by atoms with Crippen molar-refractivity contribution in [3.63, 3.8) is 0 Å². The normalized spacial score (nSPS) is 20.3. The lowest BCUT2D eigenvalue weighted by Gasteiger charge is -2.28. The number of urea groups is 1. The molecule has 1 unspecified atom stereocenters. The first-order valence-electron chi connectivity index (χ1n) is 6.16. The van der Waals surface area contributed by atoms with Gasteiger partial charge in [0.05, 0.1) is 6.42 Å². The number of hydrogen-bond donors (Lipinski definition) is 2. The summed E-state index contributed by atoms with van der Waals surface area (Å²) in [6, 6.07) is 0.212. The molecule has 0 spiro atoms. The number of nitrogens with zero attached hydrogens (tertiary/aromatic N) is 2. The zero-order chi connectivity index (χ0) is 13.9. The van der Waals surface area contributed by atoms with Gasteiger partial charge in [-0.05, 0) is 34.4 Å². The Morgan fingerprint density at radius 2 is 2.06 bits per heavy atom. The Morgan fingerprint density at radius 3 is 2.50 bits per heavy atom. The Balaban J connectivity index is 2.49. The van der Waals surface area contributed by atoms with Gasteiger partial charge in [0.1, 0.15) is 0 Å². The van der Waals surface area contributed by atoms with Crippen molar-refractivity contribution in [1.82, 2.24) is 15.1 Å². The molecule has 0 aromatic heterocycles. The van der Waals surface area contributed by atoms with E-state index in [1.54, 1.807) is 18.7 Å². The number of carboxylic acids is 1. The highest BCUT2D eigenvalue weighted by atomic mass is 16.4. The fourth-order valence-corrected chi connectivity index (χ4v) is 2.14. The van der Waals surface area contributed by atoms with Crippen LogP contribution in [0.25, 0.3) is 0 Å². The topological polar surface area (TPSA) is 72.9 Å². The molecule has 1 fully saturated rings. The zero-order valence-corrected chi connectivity index (χ0v) is 11.6. The molecule has 2 amide bonds. The maximum atomic E-state index is 12.0. The third-order valence-electron chi connectivity index (χ3n) is 3.22. The summed E-state index contributed by atoms with van der Waals surface area (Å²) in [4.78, 5) is 26.6. The number of likely N-dealkylation sites (N-methyl/N-ethyl adjacent to an activating group) is 1. The zero-order valence-electron chi connectivity index (χ0n) is 11.6. The van der Waals surface area contributed by atoms with E-state index >= 15 is 0 Å². The van der Waals surface area contributed by atoms with Crippen LogP contribution in [0.4, 0.5) is 4.79 Å². The molecule has 104 valence electrons. The van der Waals surface area contributed by atoms with Crippen LogP contribution in [0.2, 0.25) is 0 Å². The van der Waals surface area contributed by atoms with Crippen LogP contribution >= 0.6 is 0 Å². The summed E-state index contributed by atoms with van der Waals surface area (Å²) in [6.07, 6.45) is 0.878. The first-order valence-corrected chi connectivity index (χ1v) is 6.16. The highest BCUT2D eigenvalue weighted by molar-refractivity contribution is 5.77. The van der Waals surface area contributed by atoms with Crippen LogP contribution < -0.4 is 5.32 Å². The van der Waals surface area contributed by atoms with E-state index in [1.807, 2.05) is 14.1 Å². The molecule has 1 aliphatic rings. The Bertz CT molecular complexity index is 329. The number of nitrogens with one attached hydrogen (secondary N) is 1. The molecular weight excluding hydrogens is 234 g/mol. The van der Waals surface area contributed by atoms with Crippen LogP contribution in [0.5, 0.6) is 0 Å². The smallest absolute Gasteiger partial charge is 0.317 e. The van der Waals surface area contributed by atoms with E-state index in [-0.39, 0.29) is 12.5 Å². The number of aliphatic carboxylic acids is 1. The minimum atomic E-state index is -0.909. The molecule has 6 nitrogen and oxygen atoms in total. The van der Waals surface area contributed by atoms with Gasteiger partial charge in [-0.2, -0.15) is 0 Å². The second-order valence-electron chi connectivity index (χ2n) is 5.74. The SMILES string of the molecule is CN(C)C1CCN(C(=O)NC(C)(C)CC(=O)O)C1. The molecule has 1 rings (SSSR count). The van der Waals surface area contributed by atoms with Crippen LogP contribution in [0.3, 0.4) is 0 Å². The summed E-state index contributed by atoms with van der Waals surface area (Å²) >= 11 is 0. The molecule has 0 aromatic rings. The van der Waals surface area contributed by atoms with Gasteiger partial charge in [0.25, 0.3) is 0 Å². The molecule has 0 aliphatic carbocycles. The van der Waals surface area contributed by atoms with Crippen LogP contribution in [0.15, 0.2) is 0 Å². The predicted octanol–water partition coefficient (Wildman–Crippen LogP) is 0.585. The molecule has 6 heteroatoms. The van der Waals surface area contributed by atoms with E-state index in [1.165, 1.54) is 0 Å². The fraction of sp³-hybridized carbons (Fsp3) is 0.833. The van der Waals surface area contributed by atoms with Gasteiger partial charge < -0.3 is 20.2 Å². The quantitative estimate of drug-likeness (QED) is 0.773.